The van der Waals surface area contributed by atoms with Crippen LogP contribution in [0.1, 0.15) is 77.6 Å². The van der Waals surface area contributed by atoms with Crippen LogP contribution in [0.2, 0.25) is 0 Å². The number of nitrogens with zero attached hydrogens (tertiary/aromatic N) is 1. The molecule has 0 aromatic heterocycles. The molecule has 1 fully saturated rings. The molecule has 1 aromatic carbocycles. The fraction of sp³-hybridized carbons (Fsp3) is 0.682. The van der Waals surface area contributed by atoms with Crippen LogP contribution in [0.3, 0.4) is 0 Å². The van der Waals surface area contributed by atoms with Crippen LogP contribution < -0.4 is 10.1 Å². The summed E-state index contributed by atoms with van der Waals surface area (Å²) < 4.78 is 5.50. The van der Waals surface area contributed by atoms with Crippen molar-refractivity contribution in [3.8, 4) is 5.75 Å². The maximum absolute atomic E-state index is 13.3. The van der Waals surface area contributed by atoms with Gasteiger partial charge in [0.2, 0.25) is 0 Å². The first-order valence-electron chi connectivity index (χ1n) is 10.0. The Labute approximate surface area is 159 Å². The molecule has 1 N–H and O–H groups in total. The van der Waals surface area contributed by atoms with Crippen molar-refractivity contribution >= 4 is 5.91 Å². The summed E-state index contributed by atoms with van der Waals surface area (Å²) in [5.74, 6) is 0.952. The summed E-state index contributed by atoms with van der Waals surface area (Å²) in [7, 11) is 0. The van der Waals surface area contributed by atoms with E-state index in [1.165, 1.54) is 0 Å². The second-order valence-electron chi connectivity index (χ2n) is 8.76. The summed E-state index contributed by atoms with van der Waals surface area (Å²) in [6.07, 6.45) is 4.07. The van der Waals surface area contributed by atoms with Gasteiger partial charge in [-0.1, -0.05) is 13.3 Å². The third-order valence-corrected chi connectivity index (χ3v) is 5.04. The maximum Gasteiger partial charge on any atom is 0.254 e. The Hall–Kier alpha value is -1.55. The molecule has 0 unspecified atom stereocenters. The van der Waals surface area contributed by atoms with Crippen molar-refractivity contribution < 1.29 is 9.53 Å². The molecule has 1 aromatic rings. The molecule has 146 valence electrons. The van der Waals surface area contributed by atoms with E-state index in [1.54, 1.807) is 0 Å². The Kier molecular flexibility index (Phi) is 6.73. The van der Waals surface area contributed by atoms with E-state index < -0.39 is 0 Å². The molecule has 1 amide bonds. The minimum Gasteiger partial charge on any atom is -0.494 e. The van der Waals surface area contributed by atoms with Crippen LogP contribution in [0.4, 0.5) is 0 Å². The molecular formula is C22H36N2O2. The van der Waals surface area contributed by atoms with E-state index in [-0.39, 0.29) is 23.0 Å². The summed E-state index contributed by atoms with van der Waals surface area (Å²) in [5.41, 5.74) is 0.796. The first-order chi connectivity index (χ1) is 12.2. The van der Waals surface area contributed by atoms with Crippen molar-refractivity contribution in [1.29, 1.82) is 0 Å². The molecule has 0 aliphatic carbocycles. The molecule has 1 aliphatic heterocycles. The molecule has 0 atom stereocenters. The lowest BCUT2D eigenvalue weighted by Crippen LogP contribution is -2.62. The van der Waals surface area contributed by atoms with Gasteiger partial charge in [-0.15, -0.1) is 0 Å². The number of hydrogen-bond acceptors (Lipinski definition) is 3. The zero-order valence-corrected chi connectivity index (χ0v) is 17.4. The Morgan fingerprint density at radius 3 is 2.19 bits per heavy atom. The summed E-state index contributed by atoms with van der Waals surface area (Å²) in [6, 6.07) is 7.83. The average Bonchev–Trinajstić information content (AvgIpc) is 2.53. The number of carbonyl (C=O) groups excluding carboxylic acids is 1. The number of hydrogen-bond donors (Lipinski definition) is 1. The molecule has 1 aliphatic rings. The second-order valence-corrected chi connectivity index (χ2v) is 8.76. The average molecular weight is 361 g/mol. The molecule has 26 heavy (non-hydrogen) atoms. The molecule has 2 rings (SSSR count). The van der Waals surface area contributed by atoms with Gasteiger partial charge in [-0.2, -0.15) is 0 Å². The van der Waals surface area contributed by atoms with Crippen LogP contribution in [0.15, 0.2) is 24.3 Å². The number of rotatable bonds is 7. The Balaban J connectivity index is 2.23. The van der Waals surface area contributed by atoms with E-state index in [4.69, 9.17) is 4.74 Å². The molecule has 0 spiro atoms. The van der Waals surface area contributed by atoms with Crippen molar-refractivity contribution in [2.75, 3.05) is 13.2 Å². The van der Waals surface area contributed by atoms with Crippen LogP contribution >= 0.6 is 0 Å². The third-order valence-electron chi connectivity index (χ3n) is 5.04. The maximum atomic E-state index is 13.3. The van der Waals surface area contributed by atoms with Crippen LogP contribution in [-0.4, -0.2) is 41.1 Å². The predicted molar refractivity (Wildman–Crippen MR) is 108 cm³/mol. The Bertz CT molecular complexity index is 577. The van der Waals surface area contributed by atoms with E-state index >= 15 is 0 Å². The highest BCUT2D eigenvalue weighted by molar-refractivity contribution is 5.94. The van der Waals surface area contributed by atoms with Crippen LogP contribution in [0.25, 0.3) is 0 Å². The van der Waals surface area contributed by atoms with E-state index in [1.807, 2.05) is 31.2 Å². The standard InChI is InChI=1S/C22H36N2O2/c1-7-9-14-24(18-15-21(3,4)23-22(5,6)16-18)20(25)17-10-12-19(13-11-17)26-8-2/h10-13,18,23H,7-9,14-16H2,1-6H3. The number of ether oxygens (including phenoxy) is 1. The molecular weight excluding hydrogens is 324 g/mol. The number of piperidine rings is 1. The minimum absolute atomic E-state index is 0.0238. The van der Waals surface area contributed by atoms with Gasteiger partial charge in [-0.25, -0.2) is 0 Å². The molecule has 0 radical (unpaired) electrons. The van der Waals surface area contributed by atoms with Crippen LogP contribution in [0.5, 0.6) is 5.75 Å². The topological polar surface area (TPSA) is 41.6 Å². The highest BCUT2D eigenvalue weighted by Gasteiger charge is 2.41. The zero-order chi connectivity index (χ0) is 19.4. The lowest BCUT2D eigenvalue weighted by Gasteiger charge is -2.49. The van der Waals surface area contributed by atoms with Crippen LogP contribution in [-0.2, 0) is 0 Å². The highest BCUT2D eigenvalue weighted by Crippen LogP contribution is 2.32. The Morgan fingerprint density at radius 2 is 1.69 bits per heavy atom. The van der Waals surface area contributed by atoms with Crippen molar-refractivity contribution in [2.24, 2.45) is 0 Å². The third kappa shape index (κ3) is 5.47. The number of nitrogens with one attached hydrogen (secondary N) is 1. The number of carbonyl (C=O) groups is 1. The SMILES string of the molecule is CCCCN(C(=O)c1ccc(OCC)cc1)C1CC(C)(C)NC(C)(C)C1. The monoisotopic (exact) mass is 360 g/mol. The van der Waals surface area contributed by atoms with Crippen molar-refractivity contribution in [2.45, 2.75) is 84.3 Å². The number of benzene rings is 1. The van der Waals surface area contributed by atoms with Crippen molar-refractivity contribution in [3.63, 3.8) is 0 Å². The second kappa shape index (κ2) is 8.43. The lowest BCUT2D eigenvalue weighted by atomic mass is 9.78. The van der Waals surface area contributed by atoms with Crippen molar-refractivity contribution in [1.82, 2.24) is 10.2 Å². The van der Waals surface area contributed by atoms with E-state index in [0.717, 1.165) is 43.5 Å². The van der Waals surface area contributed by atoms with Gasteiger partial charge in [-0.05, 0) is 78.1 Å². The molecule has 1 saturated heterocycles. The summed E-state index contributed by atoms with van der Waals surface area (Å²) in [4.78, 5) is 15.4. The minimum atomic E-state index is 0.0238. The molecule has 4 heteroatoms. The lowest BCUT2D eigenvalue weighted by molar-refractivity contribution is 0.0441. The van der Waals surface area contributed by atoms with Gasteiger partial charge in [0, 0.05) is 29.2 Å². The van der Waals surface area contributed by atoms with E-state index in [0.29, 0.717) is 6.61 Å². The Morgan fingerprint density at radius 1 is 1.12 bits per heavy atom. The van der Waals surface area contributed by atoms with Gasteiger partial charge in [0.05, 0.1) is 6.61 Å². The van der Waals surface area contributed by atoms with Gasteiger partial charge >= 0.3 is 0 Å². The van der Waals surface area contributed by atoms with E-state index in [9.17, 15) is 4.79 Å². The summed E-state index contributed by atoms with van der Waals surface area (Å²) >= 11 is 0. The first-order valence-corrected chi connectivity index (χ1v) is 10.0. The molecule has 0 saturated carbocycles. The number of unbranched alkanes of at least 4 members (excludes halogenated alkanes) is 1. The normalized spacial score (nSPS) is 19.2. The van der Waals surface area contributed by atoms with Crippen molar-refractivity contribution in [3.05, 3.63) is 29.8 Å². The smallest absolute Gasteiger partial charge is 0.254 e. The van der Waals surface area contributed by atoms with Gasteiger partial charge in [0.15, 0.2) is 0 Å². The molecule has 4 nitrogen and oxygen atoms in total. The van der Waals surface area contributed by atoms with Gasteiger partial charge < -0.3 is 15.0 Å². The predicted octanol–water partition coefficient (Wildman–Crippen LogP) is 4.64. The van der Waals surface area contributed by atoms with Gasteiger partial charge in [-0.3, -0.25) is 4.79 Å². The van der Waals surface area contributed by atoms with Gasteiger partial charge in [0.1, 0.15) is 5.75 Å². The molecule has 1 heterocycles. The highest BCUT2D eigenvalue weighted by atomic mass is 16.5. The van der Waals surface area contributed by atoms with Gasteiger partial charge in [0.25, 0.3) is 5.91 Å². The molecule has 0 bridgehead atoms. The quantitative estimate of drug-likeness (QED) is 0.770. The zero-order valence-electron chi connectivity index (χ0n) is 17.4. The summed E-state index contributed by atoms with van der Waals surface area (Å²) in [6.45, 7) is 14.5. The largest absolute Gasteiger partial charge is 0.494 e. The van der Waals surface area contributed by atoms with E-state index in [2.05, 4.69) is 44.8 Å². The fourth-order valence-electron chi connectivity index (χ4n) is 4.29. The number of amides is 1. The fourth-order valence-corrected chi connectivity index (χ4v) is 4.29. The first kappa shape index (κ1) is 20.8. The van der Waals surface area contributed by atoms with Crippen LogP contribution in [0, 0.1) is 0 Å². The summed E-state index contributed by atoms with van der Waals surface area (Å²) in [5, 5.41) is 3.72.